The van der Waals surface area contributed by atoms with E-state index in [2.05, 4.69) is 16.8 Å². The van der Waals surface area contributed by atoms with Crippen LogP contribution >= 0.6 is 0 Å². The fourth-order valence-corrected chi connectivity index (χ4v) is 1.51. The predicted octanol–water partition coefficient (Wildman–Crippen LogP) is 2.53. The summed E-state index contributed by atoms with van der Waals surface area (Å²) in [5, 5.41) is 3.62. The quantitative estimate of drug-likeness (QED) is 0.775. The molecule has 0 aliphatic heterocycles. The summed E-state index contributed by atoms with van der Waals surface area (Å²) in [6, 6.07) is 0. The highest BCUT2D eigenvalue weighted by atomic mass is 19.4. The third-order valence-electron chi connectivity index (χ3n) is 2.43. The molecular formula is C10H17F3N4O. The Morgan fingerprint density at radius 1 is 1.22 bits per heavy atom. The van der Waals surface area contributed by atoms with Crippen LogP contribution in [0.15, 0.2) is 0 Å². The normalized spacial score (nSPS) is 11.8. The summed E-state index contributed by atoms with van der Waals surface area (Å²) in [5.74, 6) is -0.679. The van der Waals surface area contributed by atoms with E-state index in [1.807, 2.05) is 0 Å². The molecule has 0 saturated carbocycles. The summed E-state index contributed by atoms with van der Waals surface area (Å²) in [4.78, 5) is 0. The maximum absolute atomic E-state index is 12.0. The number of rotatable bonds is 6. The number of hydrogen-bond acceptors (Lipinski definition) is 4. The Morgan fingerprint density at radius 2 is 1.89 bits per heavy atom. The molecule has 0 unspecified atom stereocenters. The number of unbranched alkanes of at least 4 members (excludes halogenated alkanes) is 3. The molecule has 0 aromatic carbocycles. The third-order valence-corrected chi connectivity index (χ3v) is 2.43. The van der Waals surface area contributed by atoms with Gasteiger partial charge in [0.2, 0.25) is 0 Å². The van der Waals surface area contributed by atoms with Crippen LogP contribution in [0.4, 0.5) is 24.7 Å². The minimum atomic E-state index is -4.82. The smallest absolute Gasteiger partial charge is 0.391 e. The van der Waals surface area contributed by atoms with Crippen LogP contribution in [0.1, 0.15) is 32.6 Å². The second-order valence-corrected chi connectivity index (χ2v) is 3.94. The molecule has 104 valence electrons. The van der Waals surface area contributed by atoms with E-state index in [0.717, 1.165) is 25.7 Å². The molecule has 4 N–H and O–H groups in total. The summed E-state index contributed by atoms with van der Waals surface area (Å²) < 4.78 is 41.1. The van der Waals surface area contributed by atoms with Crippen LogP contribution in [-0.2, 0) is 6.54 Å². The monoisotopic (exact) mass is 266 g/mol. The number of aromatic nitrogens is 2. The highest BCUT2D eigenvalue weighted by Crippen LogP contribution is 2.31. The van der Waals surface area contributed by atoms with E-state index < -0.39 is 12.2 Å². The molecule has 0 aliphatic carbocycles. The highest BCUT2D eigenvalue weighted by molar-refractivity contribution is 5.65. The van der Waals surface area contributed by atoms with Gasteiger partial charge >= 0.3 is 6.36 Å². The number of anilines is 2. The van der Waals surface area contributed by atoms with Crippen molar-refractivity contribution in [3.8, 4) is 5.88 Å². The number of halogens is 3. The molecule has 1 heterocycles. The molecule has 0 amide bonds. The van der Waals surface area contributed by atoms with Gasteiger partial charge in [0.15, 0.2) is 0 Å². The number of nitrogens with two attached hydrogens (primary N) is 2. The number of alkyl halides is 3. The minimum Gasteiger partial charge on any atom is -0.391 e. The molecular weight excluding hydrogens is 249 g/mol. The second kappa shape index (κ2) is 5.83. The summed E-state index contributed by atoms with van der Waals surface area (Å²) in [6.07, 6.45) is -0.945. The molecule has 5 nitrogen and oxygen atoms in total. The Balaban J connectivity index is 2.67. The van der Waals surface area contributed by atoms with Gasteiger partial charge < -0.3 is 16.2 Å². The zero-order valence-corrected chi connectivity index (χ0v) is 10.1. The molecule has 0 spiro atoms. The molecule has 1 aromatic heterocycles. The fourth-order valence-electron chi connectivity index (χ4n) is 1.51. The molecule has 18 heavy (non-hydrogen) atoms. The Kier molecular flexibility index (Phi) is 4.69. The van der Waals surface area contributed by atoms with Gasteiger partial charge in [-0.05, 0) is 6.42 Å². The van der Waals surface area contributed by atoms with Crippen LogP contribution in [0.2, 0.25) is 0 Å². The number of nitrogens with zero attached hydrogens (tertiary/aromatic N) is 2. The maximum Gasteiger partial charge on any atom is 0.574 e. The number of nitrogen functional groups attached to an aromatic ring is 2. The zero-order chi connectivity index (χ0) is 13.8. The second-order valence-electron chi connectivity index (χ2n) is 3.94. The summed E-state index contributed by atoms with van der Waals surface area (Å²) in [5.41, 5.74) is 10.7. The van der Waals surface area contributed by atoms with Crippen molar-refractivity contribution in [1.29, 1.82) is 0 Å². The lowest BCUT2D eigenvalue weighted by molar-refractivity contribution is -0.276. The van der Waals surface area contributed by atoms with Crippen LogP contribution in [0.3, 0.4) is 0 Å². The average molecular weight is 266 g/mol. The molecule has 0 atom stereocenters. The van der Waals surface area contributed by atoms with Crippen LogP contribution in [-0.4, -0.2) is 16.1 Å². The highest BCUT2D eigenvalue weighted by Gasteiger charge is 2.34. The Hall–Kier alpha value is -1.60. The number of aryl methyl sites for hydroxylation is 1. The topological polar surface area (TPSA) is 79.1 Å². The van der Waals surface area contributed by atoms with Crippen molar-refractivity contribution in [2.45, 2.75) is 45.5 Å². The fraction of sp³-hybridized carbons (Fsp3) is 0.700. The lowest BCUT2D eigenvalue weighted by atomic mass is 10.2. The van der Waals surface area contributed by atoms with Crippen LogP contribution in [0.5, 0.6) is 5.88 Å². The van der Waals surface area contributed by atoms with Gasteiger partial charge in [-0.25, -0.2) is 4.68 Å². The van der Waals surface area contributed by atoms with Crippen molar-refractivity contribution in [3.63, 3.8) is 0 Å². The SMILES string of the molecule is CCCCCCn1nc(OC(F)(F)F)c(N)c1N. The first-order valence-corrected chi connectivity index (χ1v) is 5.72. The van der Waals surface area contributed by atoms with Crippen molar-refractivity contribution >= 4 is 11.5 Å². The Labute approximate surface area is 103 Å². The molecule has 0 aliphatic rings. The largest absolute Gasteiger partial charge is 0.574 e. The first-order chi connectivity index (χ1) is 8.35. The van der Waals surface area contributed by atoms with E-state index >= 15 is 0 Å². The van der Waals surface area contributed by atoms with E-state index in [1.165, 1.54) is 4.68 Å². The van der Waals surface area contributed by atoms with E-state index in [4.69, 9.17) is 11.5 Å². The lowest BCUT2D eigenvalue weighted by Crippen LogP contribution is -2.18. The lowest BCUT2D eigenvalue weighted by Gasteiger charge is -2.05. The molecule has 0 radical (unpaired) electrons. The first-order valence-electron chi connectivity index (χ1n) is 5.72. The van der Waals surface area contributed by atoms with Crippen molar-refractivity contribution in [1.82, 2.24) is 9.78 Å². The summed E-state index contributed by atoms with van der Waals surface area (Å²) in [6.45, 7) is 2.49. The Bertz CT molecular complexity index is 389. The van der Waals surface area contributed by atoms with Gasteiger partial charge in [-0.1, -0.05) is 26.2 Å². The van der Waals surface area contributed by atoms with E-state index in [-0.39, 0.29) is 11.5 Å². The standard InChI is InChI=1S/C10H17F3N4O/c1-2-3-4-5-6-17-8(15)7(14)9(16-17)18-10(11,12)13/h2-6,14-15H2,1H3. The zero-order valence-electron chi connectivity index (χ0n) is 10.1. The van der Waals surface area contributed by atoms with Gasteiger partial charge in [-0.2, -0.15) is 0 Å². The Morgan fingerprint density at radius 3 is 2.44 bits per heavy atom. The molecule has 1 rings (SSSR count). The van der Waals surface area contributed by atoms with Gasteiger partial charge in [0.1, 0.15) is 11.5 Å². The van der Waals surface area contributed by atoms with E-state index in [1.54, 1.807) is 0 Å². The van der Waals surface area contributed by atoms with Crippen LogP contribution in [0.25, 0.3) is 0 Å². The van der Waals surface area contributed by atoms with Gasteiger partial charge in [-0.3, -0.25) is 0 Å². The third kappa shape index (κ3) is 4.01. The summed E-state index contributed by atoms with van der Waals surface area (Å²) in [7, 11) is 0. The van der Waals surface area contributed by atoms with Crippen molar-refractivity contribution in [2.24, 2.45) is 0 Å². The van der Waals surface area contributed by atoms with Gasteiger partial charge in [0.05, 0.1) is 0 Å². The average Bonchev–Trinajstić information content (AvgIpc) is 2.51. The van der Waals surface area contributed by atoms with Crippen molar-refractivity contribution in [2.75, 3.05) is 11.5 Å². The number of hydrogen-bond donors (Lipinski definition) is 2. The molecule has 0 bridgehead atoms. The summed E-state index contributed by atoms with van der Waals surface area (Å²) >= 11 is 0. The van der Waals surface area contributed by atoms with Gasteiger partial charge in [0, 0.05) is 6.54 Å². The van der Waals surface area contributed by atoms with Gasteiger partial charge in [-0.15, -0.1) is 18.3 Å². The minimum absolute atomic E-state index is 0.00532. The first kappa shape index (κ1) is 14.5. The van der Waals surface area contributed by atoms with E-state index in [0.29, 0.717) is 6.54 Å². The van der Waals surface area contributed by atoms with E-state index in [9.17, 15) is 13.2 Å². The van der Waals surface area contributed by atoms with Crippen molar-refractivity contribution in [3.05, 3.63) is 0 Å². The van der Waals surface area contributed by atoms with Crippen molar-refractivity contribution < 1.29 is 17.9 Å². The predicted molar refractivity (Wildman–Crippen MR) is 61.9 cm³/mol. The maximum atomic E-state index is 12.0. The molecule has 1 aromatic rings. The van der Waals surface area contributed by atoms with Crippen LogP contribution < -0.4 is 16.2 Å². The van der Waals surface area contributed by atoms with Crippen LogP contribution in [0, 0.1) is 0 Å². The number of ether oxygens (including phenoxy) is 1. The molecule has 0 saturated heterocycles. The molecule has 8 heteroatoms. The van der Waals surface area contributed by atoms with Gasteiger partial charge in [0.25, 0.3) is 5.88 Å². The molecule has 0 fully saturated rings.